The van der Waals surface area contributed by atoms with Gasteiger partial charge >= 0.3 is 6.18 Å². The molecule has 2 amide bonds. The Balaban J connectivity index is 1.70. The summed E-state index contributed by atoms with van der Waals surface area (Å²) in [7, 11) is 0. The van der Waals surface area contributed by atoms with Gasteiger partial charge in [0.25, 0.3) is 11.8 Å². The molecule has 1 aromatic heterocycles. The molecule has 1 aromatic rings. The van der Waals surface area contributed by atoms with Crippen LogP contribution in [0.1, 0.15) is 12.8 Å². The monoisotopic (exact) mass is 604 g/mol. The highest BCUT2D eigenvalue weighted by Crippen LogP contribution is 2.43. The molecule has 1 aliphatic heterocycles. The molecule has 2 heterocycles. The quantitative estimate of drug-likeness (QED) is 0.395. The van der Waals surface area contributed by atoms with Gasteiger partial charge in [-0.05, 0) is 49.3 Å². The second-order valence-corrected chi connectivity index (χ2v) is 11.4. The van der Waals surface area contributed by atoms with Crippen LogP contribution in [0.2, 0.25) is 5.02 Å². The van der Waals surface area contributed by atoms with E-state index in [1.165, 1.54) is 41.9 Å². The summed E-state index contributed by atoms with van der Waals surface area (Å²) in [5.41, 5.74) is 2.88. The molecule has 2 atom stereocenters. The Bertz CT molecular complexity index is 1310. The Morgan fingerprint density at radius 2 is 2.08 bits per heavy atom. The molecule has 3 aliphatic rings. The van der Waals surface area contributed by atoms with Crippen molar-refractivity contribution in [3.05, 3.63) is 57.5 Å². The number of hydrogen-bond acceptors (Lipinski definition) is 8. The lowest BCUT2D eigenvalue weighted by Gasteiger charge is -2.25. The number of thioether (sulfide) groups is 2. The standard InChI is InChI=1S/C23H21Cl2F3N6O2S2/c1-37-22-33-13-7-11(20(35)31-9-10-4-5-10)17(16(25)18(13)38-22)34-21(36)14(8-15(29)23(26,27)28)32-19-12(24)3-2-6-30-19/h2-3,6-8,10,13,18H,4-5,9,29H2,1H3,(H,31,35)(H,34,36). The predicted molar refractivity (Wildman–Crippen MR) is 146 cm³/mol. The number of hydrogen-bond donors (Lipinski definition) is 3. The van der Waals surface area contributed by atoms with Crippen LogP contribution in [0.25, 0.3) is 0 Å². The molecule has 0 spiro atoms. The van der Waals surface area contributed by atoms with Gasteiger partial charge in [-0.1, -0.05) is 35.0 Å². The van der Waals surface area contributed by atoms with Gasteiger partial charge in [-0.3, -0.25) is 14.6 Å². The molecule has 15 heteroatoms. The number of aromatic nitrogens is 1. The minimum Gasteiger partial charge on any atom is -0.395 e. The molecule has 8 nitrogen and oxygen atoms in total. The third-order valence-electron chi connectivity index (χ3n) is 5.61. The molecular formula is C23H21Cl2F3N6O2S2. The predicted octanol–water partition coefficient (Wildman–Crippen LogP) is 4.45. The van der Waals surface area contributed by atoms with Crippen LogP contribution in [0.4, 0.5) is 19.0 Å². The summed E-state index contributed by atoms with van der Waals surface area (Å²) in [6.07, 6.45) is 2.20. The molecular weight excluding hydrogens is 584 g/mol. The first-order chi connectivity index (χ1) is 18.0. The molecule has 0 radical (unpaired) electrons. The van der Waals surface area contributed by atoms with Gasteiger partial charge in [-0.15, -0.1) is 11.8 Å². The summed E-state index contributed by atoms with van der Waals surface area (Å²) >= 11 is 15.5. The fourth-order valence-corrected chi connectivity index (χ4v) is 5.85. The van der Waals surface area contributed by atoms with Crippen LogP contribution in [0.5, 0.6) is 0 Å². The van der Waals surface area contributed by atoms with Crippen LogP contribution >= 0.6 is 46.7 Å². The third-order valence-corrected chi connectivity index (χ3v) is 8.78. The number of carbonyl (C=O) groups excluding carboxylic acids is 2. The van der Waals surface area contributed by atoms with E-state index in [0.29, 0.717) is 18.5 Å². The van der Waals surface area contributed by atoms with Crippen LogP contribution in [0.3, 0.4) is 0 Å². The number of fused-ring (bicyclic) bond motifs is 1. The molecule has 202 valence electrons. The zero-order chi connectivity index (χ0) is 27.6. The molecule has 1 saturated carbocycles. The minimum atomic E-state index is -4.93. The average Bonchev–Trinajstić information content (AvgIpc) is 3.60. The Labute approximate surface area is 234 Å². The minimum absolute atomic E-state index is 0.00123. The zero-order valence-electron chi connectivity index (χ0n) is 19.7. The van der Waals surface area contributed by atoms with Crippen molar-refractivity contribution in [1.29, 1.82) is 0 Å². The number of allylic oxidation sites excluding steroid dienone is 1. The van der Waals surface area contributed by atoms with Crippen molar-refractivity contribution < 1.29 is 22.8 Å². The maximum Gasteiger partial charge on any atom is 0.430 e. The smallest absolute Gasteiger partial charge is 0.395 e. The fourth-order valence-electron chi connectivity index (χ4n) is 3.45. The van der Waals surface area contributed by atoms with Crippen molar-refractivity contribution in [2.75, 3.05) is 12.8 Å². The summed E-state index contributed by atoms with van der Waals surface area (Å²) in [6.45, 7) is 0.451. The van der Waals surface area contributed by atoms with Gasteiger partial charge < -0.3 is 16.4 Å². The van der Waals surface area contributed by atoms with Crippen LogP contribution < -0.4 is 16.4 Å². The molecule has 4 N–H and O–H groups in total. The average molecular weight is 605 g/mol. The van der Waals surface area contributed by atoms with E-state index >= 15 is 0 Å². The number of amides is 2. The van der Waals surface area contributed by atoms with Gasteiger partial charge in [0.05, 0.1) is 32.6 Å². The highest BCUT2D eigenvalue weighted by molar-refractivity contribution is 8.39. The normalized spacial score (nSPS) is 22.1. The first-order valence-electron chi connectivity index (χ1n) is 11.2. The summed E-state index contributed by atoms with van der Waals surface area (Å²) in [5, 5.41) is 5.01. The summed E-state index contributed by atoms with van der Waals surface area (Å²) in [5.74, 6) is -1.40. The number of halogens is 5. The number of aliphatic imine (C=N–C) groups is 2. The Morgan fingerprint density at radius 1 is 1.34 bits per heavy atom. The van der Waals surface area contributed by atoms with Crippen molar-refractivity contribution >= 4 is 74.4 Å². The van der Waals surface area contributed by atoms with Crippen LogP contribution in [-0.2, 0) is 9.59 Å². The second-order valence-electron chi connectivity index (χ2n) is 8.44. The van der Waals surface area contributed by atoms with Crippen LogP contribution in [-0.4, -0.2) is 57.2 Å². The second kappa shape index (κ2) is 11.7. The van der Waals surface area contributed by atoms with E-state index in [0.717, 1.165) is 17.2 Å². The van der Waals surface area contributed by atoms with Gasteiger partial charge in [0.2, 0.25) is 0 Å². The largest absolute Gasteiger partial charge is 0.430 e. The van der Waals surface area contributed by atoms with E-state index < -0.39 is 40.7 Å². The molecule has 38 heavy (non-hydrogen) atoms. The van der Waals surface area contributed by atoms with Crippen molar-refractivity contribution in [3.63, 3.8) is 0 Å². The van der Waals surface area contributed by atoms with Crippen molar-refractivity contribution in [1.82, 2.24) is 15.6 Å². The highest BCUT2D eigenvalue weighted by Gasteiger charge is 2.40. The van der Waals surface area contributed by atoms with Crippen molar-refractivity contribution in [3.8, 4) is 0 Å². The van der Waals surface area contributed by atoms with Crippen molar-refractivity contribution in [2.45, 2.75) is 30.3 Å². The van der Waals surface area contributed by atoms with Gasteiger partial charge in [-0.25, -0.2) is 9.98 Å². The van der Waals surface area contributed by atoms with Crippen LogP contribution in [0.15, 0.2) is 62.5 Å². The summed E-state index contributed by atoms with van der Waals surface area (Å²) in [6, 6.07) is 2.45. The van der Waals surface area contributed by atoms with Gasteiger partial charge in [-0.2, -0.15) is 13.2 Å². The number of nitrogens with zero attached hydrogens (tertiary/aromatic N) is 3. The van der Waals surface area contributed by atoms with E-state index in [1.807, 2.05) is 6.26 Å². The molecule has 1 fully saturated rings. The fraction of sp³-hybridized carbons (Fsp3) is 0.348. The Kier molecular flexibility index (Phi) is 8.80. The number of pyridine rings is 1. The molecule has 0 aromatic carbocycles. The van der Waals surface area contributed by atoms with Gasteiger partial charge in [0.15, 0.2) is 5.82 Å². The maximum absolute atomic E-state index is 13.3. The first-order valence-corrected chi connectivity index (χ1v) is 14.1. The number of nitrogens with two attached hydrogens (primary N) is 1. The molecule has 4 rings (SSSR count). The van der Waals surface area contributed by atoms with Gasteiger partial charge in [0.1, 0.15) is 15.8 Å². The van der Waals surface area contributed by atoms with Crippen LogP contribution in [0, 0.1) is 5.92 Å². The van der Waals surface area contributed by atoms with Gasteiger partial charge in [0, 0.05) is 12.7 Å². The third kappa shape index (κ3) is 6.74. The SMILES string of the molecule is CSC1=NC2C=C(C(=O)NCC3CC3)C(NC(=O)C(C=C(N)C(F)(F)F)=Nc3ncccc3Cl)=C(Cl)C2S1. The number of rotatable bonds is 7. The topological polar surface area (TPSA) is 122 Å². The molecule has 2 aliphatic carbocycles. The molecule has 2 unspecified atom stereocenters. The maximum atomic E-state index is 13.3. The lowest BCUT2D eigenvalue weighted by Crippen LogP contribution is -2.39. The molecule has 0 bridgehead atoms. The van der Waals surface area contributed by atoms with E-state index in [9.17, 15) is 22.8 Å². The Hall–Kier alpha value is -2.48. The van der Waals surface area contributed by atoms with E-state index in [4.69, 9.17) is 28.9 Å². The number of carbonyl (C=O) groups is 2. The lowest BCUT2D eigenvalue weighted by molar-refractivity contribution is -0.117. The van der Waals surface area contributed by atoms with E-state index in [-0.39, 0.29) is 27.1 Å². The zero-order valence-corrected chi connectivity index (χ0v) is 22.8. The van der Waals surface area contributed by atoms with E-state index in [1.54, 1.807) is 6.08 Å². The lowest BCUT2D eigenvalue weighted by atomic mass is 9.98. The number of alkyl halides is 3. The number of nitrogens with one attached hydrogen (secondary N) is 2. The molecule has 0 saturated heterocycles. The first kappa shape index (κ1) is 28.5. The van der Waals surface area contributed by atoms with Crippen molar-refractivity contribution in [2.24, 2.45) is 21.6 Å². The highest BCUT2D eigenvalue weighted by atomic mass is 35.5. The summed E-state index contributed by atoms with van der Waals surface area (Å²) in [4.78, 5) is 38.8. The Morgan fingerprint density at radius 3 is 2.71 bits per heavy atom. The summed E-state index contributed by atoms with van der Waals surface area (Å²) < 4.78 is 40.4. The van der Waals surface area contributed by atoms with E-state index in [2.05, 4.69) is 25.6 Å².